The standard InChI is InChI=1S/C21H24ClNO/c1-21(2,3)18-10-7-16(8-11-18)9-12-20(24)23-14-13-17-5-4-6-19(22)15-17/h4-12,15H,13-14H2,1-3H3,(H,23,24)/b12-9+. The monoisotopic (exact) mass is 341 g/mol. The molecular formula is C21H24ClNO. The van der Waals surface area contributed by atoms with Gasteiger partial charge in [-0.25, -0.2) is 0 Å². The largest absolute Gasteiger partial charge is 0.352 e. The zero-order valence-electron chi connectivity index (χ0n) is 14.5. The number of amides is 1. The van der Waals surface area contributed by atoms with Crippen molar-refractivity contribution in [3.63, 3.8) is 0 Å². The van der Waals surface area contributed by atoms with Crippen LogP contribution in [0.15, 0.2) is 54.6 Å². The van der Waals surface area contributed by atoms with Crippen molar-refractivity contribution >= 4 is 23.6 Å². The Kier molecular flexibility index (Phi) is 6.22. The van der Waals surface area contributed by atoms with E-state index in [4.69, 9.17) is 11.6 Å². The van der Waals surface area contributed by atoms with Crippen LogP contribution in [-0.2, 0) is 16.6 Å². The van der Waals surface area contributed by atoms with E-state index in [0.29, 0.717) is 6.54 Å². The molecule has 0 fully saturated rings. The first-order valence-corrected chi connectivity index (χ1v) is 8.53. The van der Waals surface area contributed by atoms with E-state index in [0.717, 1.165) is 22.6 Å². The lowest BCUT2D eigenvalue weighted by molar-refractivity contribution is -0.116. The predicted octanol–water partition coefficient (Wildman–Crippen LogP) is 5.01. The molecular weight excluding hydrogens is 318 g/mol. The van der Waals surface area contributed by atoms with Crippen molar-refractivity contribution in [2.45, 2.75) is 32.6 Å². The zero-order chi connectivity index (χ0) is 17.6. The third kappa shape index (κ3) is 5.86. The van der Waals surface area contributed by atoms with E-state index < -0.39 is 0 Å². The molecule has 1 amide bonds. The molecule has 24 heavy (non-hydrogen) atoms. The normalized spacial score (nSPS) is 11.7. The van der Waals surface area contributed by atoms with Crippen molar-refractivity contribution in [2.24, 2.45) is 0 Å². The molecule has 2 aromatic carbocycles. The molecule has 0 atom stereocenters. The van der Waals surface area contributed by atoms with Gasteiger partial charge in [0.2, 0.25) is 5.91 Å². The van der Waals surface area contributed by atoms with Gasteiger partial charge in [-0.2, -0.15) is 0 Å². The lowest BCUT2D eigenvalue weighted by atomic mass is 9.87. The smallest absolute Gasteiger partial charge is 0.244 e. The van der Waals surface area contributed by atoms with Gasteiger partial charge in [-0.15, -0.1) is 0 Å². The highest BCUT2D eigenvalue weighted by molar-refractivity contribution is 6.30. The molecule has 0 bridgehead atoms. The number of carbonyl (C=O) groups is 1. The van der Waals surface area contributed by atoms with Crippen LogP contribution < -0.4 is 5.32 Å². The Bertz CT molecular complexity index is 711. The van der Waals surface area contributed by atoms with E-state index in [1.54, 1.807) is 6.08 Å². The highest BCUT2D eigenvalue weighted by atomic mass is 35.5. The minimum absolute atomic E-state index is 0.0862. The predicted molar refractivity (Wildman–Crippen MR) is 102 cm³/mol. The Morgan fingerprint density at radius 2 is 1.83 bits per heavy atom. The summed E-state index contributed by atoms with van der Waals surface area (Å²) in [5.41, 5.74) is 3.56. The fourth-order valence-electron chi connectivity index (χ4n) is 2.35. The molecule has 0 unspecified atom stereocenters. The van der Waals surface area contributed by atoms with E-state index in [2.05, 4.69) is 38.2 Å². The van der Waals surface area contributed by atoms with Gasteiger partial charge >= 0.3 is 0 Å². The lowest BCUT2D eigenvalue weighted by Gasteiger charge is -2.18. The summed E-state index contributed by atoms with van der Waals surface area (Å²) >= 11 is 5.94. The third-order valence-electron chi connectivity index (χ3n) is 3.81. The van der Waals surface area contributed by atoms with Crippen LogP contribution in [0, 0.1) is 0 Å². The number of hydrogen-bond donors (Lipinski definition) is 1. The summed E-state index contributed by atoms with van der Waals surface area (Å²) < 4.78 is 0. The van der Waals surface area contributed by atoms with Gasteiger partial charge in [-0.1, -0.05) is 68.8 Å². The maximum Gasteiger partial charge on any atom is 0.244 e. The van der Waals surface area contributed by atoms with Gasteiger partial charge in [0, 0.05) is 17.6 Å². The summed E-state index contributed by atoms with van der Waals surface area (Å²) in [5.74, 6) is -0.0862. The van der Waals surface area contributed by atoms with Crippen LogP contribution in [0.25, 0.3) is 6.08 Å². The molecule has 2 aromatic rings. The van der Waals surface area contributed by atoms with Gasteiger partial charge < -0.3 is 5.32 Å². The summed E-state index contributed by atoms with van der Waals surface area (Å²) in [7, 11) is 0. The summed E-state index contributed by atoms with van der Waals surface area (Å²) in [6.07, 6.45) is 4.17. The molecule has 0 saturated heterocycles. The van der Waals surface area contributed by atoms with Crippen LogP contribution in [0.4, 0.5) is 0 Å². The Morgan fingerprint density at radius 1 is 1.12 bits per heavy atom. The Morgan fingerprint density at radius 3 is 2.46 bits per heavy atom. The molecule has 2 nitrogen and oxygen atoms in total. The second-order valence-corrected chi connectivity index (χ2v) is 7.31. The van der Waals surface area contributed by atoms with Crippen molar-refractivity contribution in [3.05, 3.63) is 76.3 Å². The molecule has 0 spiro atoms. The number of hydrogen-bond acceptors (Lipinski definition) is 1. The van der Waals surface area contributed by atoms with Crippen molar-refractivity contribution in [2.75, 3.05) is 6.54 Å². The van der Waals surface area contributed by atoms with Gasteiger partial charge in [-0.3, -0.25) is 4.79 Å². The molecule has 0 aliphatic rings. The quantitative estimate of drug-likeness (QED) is 0.761. The van der Waals surface area contributed by atoms with Crippen molar-refractivity contribution < 1.29 is 4.79 Å². The third-order valence-corrected chi connectivity index (χ3v) is 4.04. The first kappa shape index (κ1) is 18.3. The topological polar surface area (TPSA) is 29.1 Å². The number of halogens is 1. The van der Waals surface area contributed by atoms with E-state index in [9.17, 15) is 4.79 Å². The molecule has 0 aromatic heterocycles. The van der Waals surface area contributed by atoms with E-state index in [1.807, 2.05) is 42.5 Å². The van der Waals surface area contributed by atoms with Gasteiger partial charge in [0.25, 0.3) is 0 Å². The van der Waals surface area contributed by atoms with Crippen LogP contribution in [-0.4, -0.2) is 12.5 Å². The van der Waals surface area contributed by atoms with Crippen LogP contribution in [0.2, 0.25) is 5.02 Å². The van der Waals surface area contributed by atoms with Gasteiger partial charge in [-0.05, 0) is 46.7 Å². The number of benzene rings is 2. The van der Waals surface area contributed by atoms with Crippen molar-refractivity contribution in [1.29, 1.82) is 0 Å². The van der Waals surface area contributed by atoms with Crippen LogP contribution in [0.5, 0.6) is 0 Å². The zero-order valence-corrected chi connectivity index (χ0v) is 15.2. The summed E-state index contributed by atoms with van der Waals surface area (Å²) in [5, 5.41) is 3.61. The molecule has 1 N–H and O–H groups in total. The van der Waals surface area contributed by atoms with Crippen molar-refractivity contribution in [3.8, 4) is 0 Å². The molecule has 0 aliphatic heterocycles. The molecule has 126 valence electrons. The molecule has 0 heterocycles. The van der Waals surface area contributed by atoms with E-state index >= 15 is 0 Å². The Hall–Kier alpha value is -2.06. The molecule has 0 aliphatic carbocycles. The number of carbonyl (C=O) groups excluding carboxylic acids is 1. The number of nitrogens with one attached hydrogen (secondary N) is 1. The summed E-state index contributed by atoms with van der Waals surface area (Å²) in [6, 6.07) is 16.0. The number of rotatable bonds is 5. The minimum Gasteiger partial charge on any atom is -0.352 e. The fourth-order valence-corrected chi connectivity index (χ4v) is 2.56. The van der Waals surface area contributed by atoms with Gasteiger partial charge in [0.1, 0.15) is 0 Å². The lowest BCUT2D eigenvalue weighted by Crippen LogP contribution is -2.23. The van der Waals surface area contributed by atoms with Crippen LogP contribution in [0.3, 0.4) is 0 Å². The van der Waals surface area contributed by atoms with Gasteiger partial charge in [0.05, 0.1) is 0 Å². The molecule has 3 heteroatoms. The first-order valence-electron chi connectivity index (χ1n) is 8.15. The first-order chi connectivity index (χ1) is 11.3. The molecule has 0 saturated carbocycles. The SMILES string of the molecule is CC(C)(C)c1ccc(/C=C/C(=O)NCCc2cccc(Cl)c2)cc1. The average molecular weight is 342 g/mol. The Labute approximate surface area is 149 Å². The second kappa shape index (κ2) is 8.16. The Balaban J connectivity index is 1.82. The maximum atomic E-state index is 11.9. The highest BCUT2D eigenvalue weighted by Crippen LogP contribution is 2.22. The highest BCUT2D eigenvalue weighted by Gasteiger charge is 2.12. The van der Waals surface area contributed by atoms with E-state index in [-0.39, 0.29) is 11.3 Å². The summed E-state index contributed by atoms with van der Waals surface area (Å²) in [4.78, 5) is 11.9. The summed E-state index contributed by atoms with van der Waals surface area (Å²) in [6.45, 7) is 7.15. The molecule has 2 rings (SSSR count). The van der Waals surface area contributed by atoms with Crippen LogP contribution in [0.1, 0.15) is 37.5 Å². The fraction of sp³-hybridized carbons (Fsp3) is 0.286. The minimum atomic E-state index is -0.0862. The van der Waals surface area contributed by atoms with Crippen molar-refractivity contribution in [1.82, 2.24) is 5.32 Å². The second-order valence-electron chi connectivity index (χ2n) is 6.88. The van der Waals surface area contributed by atoms with Crippen LogP contribution >= 0.6 is 11.6 Å². The van der Waals surface area contributed by atoms with Gasteiger partial charge in [0.15, 0.2) is 0 Å². The average Bonchev–Trinajstić information content (AvgIpc) is 2.52. The molecule has 0 radical (unpaired) electrons. The van der Waals surface area contributed by atoms with E-state index in [1.165, 1.54) is 5.56 Å². The maximum absolute atomic E-state index is 11.9.